The Balaban J connectivity index is 1.31. The van der Waals surface area contributed by atoms with Crippen molar-refractivity contribution >= 4 is 29.0 Å². The lowest BCUT2D eigenvalue weighted by Crippen LogP contribution is -2.46. The van der Waals surface area contributed by atoms with Crippen LogP contribution in [0.2, 0.25) is 5.02 Å². The smallest absolute Gasteiger partial charge is 0.255 e. The van der Waals surface area contributed by atoms with Gasteiger partial charge in [0.1, 0.15) is 5.82 Å². The molecule has 148 valence electrons. The van der Waals surface area contributed by atoms with Crippen LogP contribution in [0.3, 0.4) is 0 Å². The molecule has 0 radical (unpaired) electrons. The van der Waals surface area contributed by atoms with Crippen LogP contribution in [0, 0.1) is 0 Å². The Labute approximate surface area is 175 Å². The topological polar surface area (TPSA) is 48.5 Å². The fourth-order valence-electron chi connectivity index (χ4n) is 3.44. The van der Waals surface area contributed by atoms with Gasteiger partial charge in [-0.15, -0.1) is 0 Å². The fourth-order valence-corrected chi connectivity index (χ4v) is 3.64. The molecule has 1 fully saturated rings. The zero-order valence-corrected chi connectivity index (χ0v) is 16.8. The zero-order valence-electron chi connectivity index (χ0n) is 16.1. The van der Waals surface area contributed by atoms with E-state index in [4.69, 9.17) is 11.6 Å². The van der Waals surface area contributed by atoms with E-state index in [0.717, 1.165) is 43.6 Å². The van der Waals surface area contributed by atoms with Crippen molar-refractivity contribution in [3.8, 4) is 0 Å². The minimum Gasteiger partial charge on any atom is -0.354 e. The molecule has 0 aliphatic carbocycles. The van der Waals surface area contributed by atoms with Gasteiger partial charge in [0.25, 0.3) is 5.91 Å². The number of nitrogens with zero attached hydrogens (tertiary/aromatic N) is 3. The first-order chi connectivity index (χ1) is 14.2. The van der Waals surface area contributed by atoms with Crippen LogP contribution in [0.25, 0.3) is 0 Å². The second-order valence-electron chi connectivity index (χ2n) is 7.08. The van der Waals surface area contributed by atoms with E-state index < -0.39 is 0 Å². The van der Waals surface area contributed by atoms with E-state index in [1.54, 1.807) is 18.3 Å². The highest BCUT2D eigenvalue weighted by atomic mass is 35.5. The standard InChI is InChI=1S/C23H23ClN4O/c24-21-9-5-4-8-19(21)17-27-12-14-28(15-13-27)22-11-10-20(16-25-22)26-23(29)18-6-2-1-3-7-18/h1-11,16H,12-15,17H2,(H,26,29). The first-order valence-corrected chi connectivity index (χ1v) is 10.1. The van der Waals surface area contributed by atoms with Crippen LogP contribution in [0.1, 0.15) is 15.9 Å². The second kappa shape index (κ2) is 9.07. The molecule has 4 rings (SSSR count). The highest BCUT2D eigenvalue weighted by Gasteiger charge is 2.19. The second-order valence-corrected chi connectivity index (χ2v) is 7.49. The van der Waals surface area contributed by atoms with Gasteiger partial charge in [0.2, 0.25) is 0 Å². The van der Waals surface area contributed by atoms with Crippen molar-refractivity contribution in [3.05, 3.63) is 89.1 Å². The summed E-state index contributed by atoms with van der Waals surface area (Å²) in [6, 6.07) is 21.0. The molecule has 29 heavy (non-hydrogen) atoms. The van der Waals surface area contributed by atoms with Crippen LogP contribution in [0.5, 0.6) is 0 Å². The molecule has 1 aromatic heterocycles. The van der Waals surface area contributed by atoms with Crippen molar-refractivity contribution in [1.82, 2.24) is 9.88 Å². The molecule has 2 heterocycles. The van der Waals surface area contributed by atoms with Crippen molar-refractivity contribution in [2.24, 2.45) is 0 Å². The van der Waals surface area contributed by atoms with E-state index >= 15 is 0 Å². The first kappa shape index (κ1) is 19.4. The van der Waals surface area contributed by atoms with Crippen LogP contribution in [0.4, 0.5) is 11.5 Å². The van der Waals surface area contributed by atoms with Crippen LogP contribution < -0.4 is 10.2 Å². The Hall–Kier alpha value is -2.89. The molecule has 0 saturated carbocycles. The average molecular weight is 407 g/mol. The lowest BCUT2D eigenvalue weighted by Gasteiger charge is -2.35. The van der Waals surface area contributed by atoms with Crippen LogP contribution in [0.15, 0.2) is 72.9 Å². The van der Waals surface area contributed by atoms with Crippen LogP contribution in [-0.2, 0) is 6.54 Å². The first-order valence-electron chi connectivity index (χ1n) is 9.72. The maximum absolute atomic E-state index is 12.2. The van der Waals surface area contributed by atoms with Gasteiger partial charge in [0.15, 0.2) is 0 Å². The molecule has 3 aromatic rings. The maximum atomic E-state index is 12.2. The number of nitrogens with one attached hydrogen (secondary N) is 1. The predicted octanol–water partition coefficient (Wildman–Crippen LogP) is 4.31. The van der Waals surface area contributed by atoms with E-state index in [0.29, 0.717) is 11.3 Å². The van der Waals surface area contributed by atoms with Gasteiger partial charge in [-0.3, -0.25) is 9.69 Å². The van der Waals surface area contributed by atoms with Gasteiger partial charge in [0.05, 0.1) is 11.9 Å². The molecule has 2 aromatic carbocycles. The van der Waals surface area contributed by atoms with Crippen molar-refractivity contribution in [1.29, 1.82) is 0 Å². The summed E-state index contributed by atoms with van der Waals surface area (Å²) in [7, 11) is 0. The number of halogens is 1. The minimum atomic E-state index is -0.131. The molecule has 0 spiro atoms. The molecule has 0 unspecified atom stereocenters. The minimum absolute atomic E-state index is 0.131. The number of benzene rings is 2. The Kier molecular flexibility index (Phi) is 6.08. The number of rotatable bonds is 5. The van der Waals surface area contributed by atoms with Gasteiger partial charge in [-0.2, -0.15) is 0 Å². The highest BCUT2D eigenvalue weighted by Crippen LogP contribution is 2.20. The predicted molar refractivity (Wildman–Crippen MR) is 118 cm³/mol. The zero-order chi connectivity index (χ0) is 20.1. The summed E-state index contributed by atoms with van der Waals surface area (Å²) in [5, 5.41) is 3.71. The van der Waals surface area contributed by atoms with Crippen molar-refractivity contribution in [3.63, 3.8) is 0 Å². The maximum Gasteiger partial charge on any atom is 0.255 e. The number of anilines is 2. The van der Waals surface area contributed by atoms with Gasteiger partial charge in [-0.05, 0) is 35.9 Å². The summed E-state index contributed by atoms with van der Waals surface area (Å²) in [5.41, 5.74) is 2.49. The summed E-state index contributed by atoms with van der Waals surface area (Å²) >= 11 is 6.28. The largest absolute Gasteiger partial charge is 0.354 e. The van der Waals surface area contributed by atoms with Crippen LogP contribution >= 0.6 is 11.6 Å². The number of aromatic nitrogens is 1. The van der Waals surface area contributed by atoms with Gasteiger partial charge in [-0.1, -0.05) is 48.0 Å². The molecule has 1 amide bonds. The van der Waals surface area contributed by atoms with E-state index in [2.05, 4.69) is 26.2 Å². The molecular formula is C23H23ClN4O. The Bertz CT molecular complexity index is 954. The van der Waals surface area contributed by atoms with E-state index in [9.17, 15) is 4.79 Å². The normalized spacial score (nSPS) is 14.6. The summed E-state index contributed by atoms with van der Waals surface area (Å²) in [4.78, 5) is 21.5. The number of piperazine rings is 1. The number of hydrogen-bond donors (Lipinski definition) is 1. The van der Waals surface area contributed by atoms with E-state index in [1.807, 2.05) is 48.5 Å². The Morgan fingerprint density at radius 2 is 1.66 bits per heavy atom. The summed E-state index contributed by atoms with van der Waals surface area (Å²) < 4.78 is 0. The number of amides is 1. The molecule has 1 aliphatic rings. The molecule has 0 bridgehead atoms. The quantitative estimate of drug-likeness (QED) is 0.686. The van der Waals surface area contributed by atoms with Gasteiger partial charge < -0.3 is 10.2 Å². The summed E-state index contributed by atoms with van der Waals surface area (Å²) in [6.45, 7) is 4.60. The van der Waals surface area contributed by atoms with E-state index in [1.165, 1.54) is 5.56 Å². The van der Waals surface area contributed by atoms with Crippen molar-refractivity contribution < 1.29 is 4.79 Å². The average Bonchev–Trinajstić information content (AvgIpc) is 2.77. The molecule has 1 N–H and O–H groups in total. The van der Waals surface area contributed by atoms with Crippen molar-refractivity contribution in [2.45, 2.75) is 6.54 Å². The third kappa shape index (κ3) is 4.94. The number of hydrogen-bond acceptors (Lipinski definition) is 4. The van der Waals surface area contributed by atoms with E-state index in [-0.39, 0.29) is 5.91 Å². The van der Waals surface area contributed by atoms with Crippen LogP contribution in [-0.4, -0.2) is 42.0 Å². The summed E-state index contributed by atoms with van der Waals surface area (Å²) in [5.74, 6) is 0.799. The molecular weight excluding hydrogens is 384 g/mol. The number of carbonyl (C=O) groups excluding carboxylic acids is 1. The summed E-state index contributed by atoms with van der Waals surface area (Å²) in [6.07, 6.45) is 1.71. The molecule has 1 saturated heterocycles. The lowest BCUT2D eigenvalue weighted by atomic mass is 10.2. The number of pyridine rings is 1. The highest BCUT2D eigenvalue weighted by molar-refractivity contribution is 6.31. The third-order valence-corrected chi connectivity index (χ3v) is 5.46. The molecule has 0 atom stereocenters. The third-order valence-electron chi connectivity index (χ3n) is 5.09. The Morgan fingerprint density at radius 3 is 2.34 bits per heavy atom. The molecule has 1 aliphatic heterocycles. The van der Waals surface area contributed by atoms with Gasteiger partial charge >= 0.3 is 0 Å². The van der Waals surface area contributed by atoms with Gasteiger partial charge in [0, 0.05) is 43.3 Å². The fraction of sp³-hybridized carbons (Fsp3) is 0.217. The van der Waals surface area contributed by atoms with Gasteiger partial charge in [-0.25, -0.2) is 4.98 Å². The molecule has 5 nitrogen and oxygen atoms in total. The van der Waals surface area contributed by atoms with Crippen molar-refractivity contribution in [2.75, 3.05) is 36.4 Å². The Morgan fingerprint density at radius 1 is 0.931 bits per heavy atom. The lowest BCUT2D eigenvalue weighted by molar-refractivity contribution is 0.102. The molecule has 6 heteroatoms. The number of carbonyl (C=O) groups is 1. The SMILES string of the molecule is O=C(Nc1ccc(N2CCN(Cc3ccccc3Cl)CC2)nc1)c1ccccc1. The monoisotopic (exact) mass is 406 g/mol.